The lowest BCUT2D eigenvalue weighted by Gasteiger charge is -2.24. The molecular weight excluding hydrogens is 448 g/mol. The molecule has 0 radical (unpaired) electrons. The van der Waals surface area contributed by atoms with Crippen molar-refractivity contribution in [3.05, 3.63) is 48.0 Å². The van der Waals surface area contributed by atoms with Gasteiger partial charge in [0, 0.05) is 39.9 Å². The zero-order valence-corrected chi connectivity index (χ0v) is 18.0. The molecule has 8 heteroatoms. The van der Waals surface area contributed by atoms with E-state index in [0.29, 0.717) is 13.1 Å². The van der Waals surface area contributed by atoms with Crippen molar-refractivity contribution in [3.8, 4) is 5.69 Å². The molecule has 6 nitrogen and oxygen atoms in total. The second-order valence-electron chi connectivity index (χ2n) is 6.29. The molecule has 26 heavy (non-hydrogen) atoms. The van der Waals surface area contributed by atoms with Crippen LogP contribution in [-0.2, 0) is 11.2 Å². The maximum Gasteiger partial charge on any atom is 0.191 e. The minimum absolute atomic E-state index is 0. The van der Waals surface area contributed by atoms with Crippen molar-refractivity contribution in [3.63, 3.8) is 0 Å². The summed E-state index contributed by atoms with van der Waals surface area (Å²) in [5, 5.41) is 11.0. The van der Waals surface area contributed by atoms with Crippen LogP contribution in [0, 0.1) is 5.82 Å². The molecular formula is C18H27FIN5O. The SMILES string of the molecule is CN=C(NCCc1ccn(-c2ccc(F)cc2)n1)NCC(C)(C)OC.I. The maximum absolute atomic E-state index is 13.0. The largest absolute Gasteiger partial charge is 0.377 e. The van der Waals surface area contributed by atoms with Crippen molar-refractivity contribution < 1.29 is 9.13 Å². The predicted octanol–water partition coefficient (Wildman–Crippen LogP) is 2.76. The Morgan fingerprint density at radius 1 is 1.23 bits per heavy atom. The number of nitrogens with zero attached hydrogens (tertiary/aromatic N) is 3. The van der Waals surface area contributed by atoms with E-state index in [1.165, 1.54) is 12.1 Å². The highest BCUT2D eigenvalue weighted by molar-refractivity contribution is 14.0. The number of rotatable bonds is 7. The van der Waals surface area contributed by atoms with Gasteiger partial charge in [-0.3, -0.25) is 4.99 Å². The van der Waals surface area contributed by atoms with Gasteiger partial charge >= 0.3 is 0 Å². The molecule has 0 amide bonds. The zero-order chi connectivity index (χ0) is 18.3. The molecule has 0 fully saturated rings. The third-order valence-electron chi connectivity index (χ3n) is 3.87. The molecule has 0 spiro atoms. The van der Waals surface area contributed by atoms with Crippen LogP contribution >= 0.6 is 24.0 Å². The smallest absolute Gasteiger partial charge is 0.191 e. The number of aromatic nitrogens is 2. The van der Waals surface area contributed by atoms with E-state index in [0.717, 1.165) is 23.8 Å². The molecule has 2 rings (SSSR count). The predicted molar refractivity (Wildman–Crippen MR) is 113 cm³/mol. The molecule has 0 atom stereocenters. The quantitative estimate of drug-likeness (QED) is 0.368. The van der Waals surface area contributed by atoms with Crippen molar-refractivity contribution >= 4 is 29.9 Å². The lowest BCUT2D eigenvalue weighted by atomic mass is 10.1. The van der Waals surface area contributed by atoms with Crippen LogP contribution < -0.4 is 10.6 Å². The number of benzene rings is 1. The van der Waals surface area contributed by atoms with Crippen LogP contribution in [-0.4, -0.2) is 48.6 Å². The van der Waals surface area contributed by atoms with Crippen molar-refractivity contribution in [1.82, 2.24) is 20.4 Å². The first-order valence-electron chi connectivity index (χ1n) is 8.24. The molecule has 0 saturated carbocycles. The standard InChI is InChI=1S/C18H26FN5O.HI/c1-18(2,25-4)13-22-17(20-3)21-11-9-15-10-12-24(23-15)16-7-5-14(19)6-8-16;/h5-8,10,12H,9,11,13H2,1-4H3,(H2,20,21,22);1H. The first kappa shape index (κ1) is 22.4. The Kier molecular flexibility index (Phi) is 9.00. The molecule has 0 unspecified atom stereocenters. The van der Waals surface area contributed by atoms with Crippen LogP contribution in [0.3, 0.4) is 0 Å². The third-order valence-corrected chi connectivity index (χ3v) is 3.87. The Morgan fingerprint density at radius 3 is 2.54 bits per heavy atom. The van der Waals surface area contributed by atoms with Gasteiger partial charge in [-0.15, -0.1) is 24.0 Å². The van der Waals surface area contributed by atoms with E-state index in [9.17, 15) is 4.39 Å². The Balaban J connectivity index is 0.00000338. The van der Waals surface area contributed by atoms with Crippen LogP contribution in [0.25, 0.3) is 5.69 Å². The van der Waals surface area contributed by atoms with Gasteiger partial charge in [-0.2, -0.15) is 5.10 Å². The van der Waals surface area contributed by atoms with Crippen molar-refractivity contribution in [2.75, 3.05) is 27.2 Å². The van der Waals surface area contributed by atoms with Gasteiger partial charge in [-0.25, -0.2) is 9.07 Å². The normalized spacial score (nSPS) is 11.8. The highest BCUT2D eigenvalue weighted by Gasteiger charge is 2.16. The topological polar surface area (TPSA) is 63.5 Å². The minimum atomic E-state index is -0.258. The Morgan fingerprint density at radius 2 is 1.92 bits per heavy atom. The lowest BCUT2D eigenvalue weighted by molar-refractivity contribution is 0.0268. The summed E-state index contributed by atoms with van der Waals surface area (Å²) in [4.78, 5) is 4.20. The fourth-order valence-electron chi connectivity index (χ4n) is 2.13. The second-order valence-corrected chi connectivity index (χ2v) is 6.29. The summed E-state index contributed by atoms with van der Waals surface area (Å²) in [5.41, 5.74) is 1.52. The van der Waals surface area contributed by atoms with Gasteiger partial charge < -0.3 is 15.4 Å². The Hall–Kier alpha value is -1.68. The van der Waals surface area contributed by atoms with Crippen molar-refractivity contribution in [1.29, 1.82) is 0 Å². The van der Waals surface area contributed by atoms with Gasteiger partial charge in [-0.1, -0.05) is 0 Å². The first-order chi connectivity index (χ1) is 11.9. The average molecular weight is 475 g/mol. The highest BCUT2D eigenvalue weighted by atomic mass is 127. The van der Waals surface area contributed by atoms with Crippen molar-refractivity contribution in [2.24, 2.45) is 4.99 Å². The number of methoxy groups -OCH3 is 1. The van der Waals surface area contributed by atoms with Gasteiger partial charge in [0.1, 0.15) is 5.82 Å². The second kappa shape index (κ2) is 10.5. The molecule has 1 heterocycles. The summed E-state index contributed by atoms with van der Waals surface area (Å²) >= 11 is 0. The van der Waals surface area contributed by atoms with Gasteiger partial charge in [-0.05, 0) is 44.2 Å². The van der Waals surface area contributed by atoms with Crippen LogP contribution in [0.5, 0.6) is 0 Å². The molecule has 2 aromatic rings. The van der Waals surface area contributed by atoms with Crippen LogP contribution in [0.1, 0.15) is 19.5 Å². The minimum Gasteiger partial charge on any atom is -0.377 e. The summed E-state index contributed by atoms with van der Waals surface area (Å²) in [5.74, 6) is 0.471. The number of hydrogen-bond donors (Lipinski definition) is 2. The van der Waals surface area contributed by atoms with Gasteiger partial charge in [0.15, 0.2) is 5.96 Å². The molecule has 144 valence electrons. The van der Waals surface area contributed by atoms with E-state index in [2.05, 4.69) is 20.7 Å². The van der Waals surface area contributed by atoms with E-state index in [-0.39, 0.29) is 35.4 Å². The van der Waals surface area contributed by atoms with Crippen LogP contribution in [0.2, 0.25) is 0 Å². The molecule has 2 N–H and O–H groups in total. The summed E-state index contributed by atoms with van der Waals surface area (Å²) in [6.45, 7) is 5.38. The fraction of sp³-hybridized carbons (Fsp3) is 0.444. The number of guanidine groups is 1. The van der Waals surface area contributed by atoms with Gasteiger partial charge in [0.25, 0.3) is 0 Å². The summed E-state index contributed by atoms with van der Waals surface area (Å²) in [6.07, 6.45) is 2.62. The zero-order valence-electron chi connectivity index (χ0n) is 15.6. The summed E-state index contributed by atoms with van der Waals surface area (Å²) in [6, 6.07) is 8.21. The number of hydrogen-bond acceptors (Lipinski definition) is 3. The number of halogens is 2. The van der Waals surface area contributed by atoms with Crippen LogP contribution in [0.15, 0.2) is 41.5 Å². The number of ether oxygens (including phenoxy) is 1. The van der Waals surface area contributed by atoms with E-state index in [4.69, 9.17) is 4.74 Å². The number of aliphatic imine (C=N–C) groups is 1. The highest BCUT2D eigenvalue weighted by Crippen LogP contribution is 2.09. The summed E-state index contributed by atoms with van der Waals surface area (Å²) in [7, 11) is 3.42. The van der Waals surface area contributed by atoms with Gasteiger partial charge in [0.05, 0.1) is 17.0 Å². The Labute approximate surface area is 171 Å². The van der Waals surface area contributed by atoms with Gasteiger partial charge in [0.2, 0.25) is 0 Å². The molecule has 0 aliphatic heterocycles. The number of nitrogens with one attached hydrogen (secondary N) is 2. The average Bonchev–Trinajstić information content (AvgIpc) is 3.07. The monoisotopic (exact) mass is 475 g/mol. The fourth-order valence-corrected chi connectivity index (χ4v) is 2.13. The van der Waals surface area contributed by atoms with E-state index < -0.39 is 0 Å². The van der Waals surface area contributed by atoms with Crippen LogP contribution in [0.4, 0.5) is 4.39 Å². The Bertz CT molecular complexity index is 700. The molecule has 1 aromatic carbocycles. The van der Waals surface area contributed by atoms with E-state index in [1.54, 1.807) is 31.0 Å². The van der Waals surface area contributed by atoms with Crippen molar-refractivity contribution in [2.45, 2.75) is 25.9 Å². The summed E-state index contributed by atoms with van der Waals surface area (Å²) < 4.78 is 20.1. The van der Waals surface area contributed by atoms with E-state index in [1.807, 2.05) is 26.1 Å². The molecule has 0 bridgehead atoms. The maximum atomic E-state index is 13.0. The lowest BCUT2D eigenvalue weighted by Crippen LogP contribution is -2.45. The molecule has 1 aromatic heterocycles. The molecule has 0 aliphatic rings. The van der Waals surface area contributed by atoms with E-state index >= 15 is 0 Å². The molecule has 0 aliphatic carbocycles. The molecule has 0 saturated heterocycles. The first-order valence-corrected chi connectivity index (χ1v) is 8.24. The third kappa shape index (κ3) is 6.91.